The van der Waals surface area contributed by atoms with Crippen molar-refractivity contribution >= 4 is 22.9 Å². The fourth-order valence-electron chi connectivity index (χ4n) is 4.97. The summed E-state index contributed by atoms with van der Waals surface area (Å²) < 4.78 is 39.9. The summed E-state index contributed by atoms with van der Waals surface area (Å²) in [6, 6.07) is 7.03. The van der Waals surface area contributed by atoms with E-state index in [1.807, 2.05) is 17.2 Å². The molecule has 12 heteroatoms. The number of unbranched alkanes of at least 4 members (excludes halogenated alkanes) is 1. The van der Waals surface area contributed by atoms with E-state index in [4.69, 9.17) is 14.2 Å². The third-order valence-corrected chi connectivity index (χ3v) is 8.47. The minimum absolute atomic E-state index is 0.0894. The van der Waals surface area contributed by atoms with E-state index in [2.05, 4.69) is 16.7 Å². The molecule has 2 aliphatic heterocycles. The Morgan fingerprint density at radius 1 is 1.03 bits per heavy atom. The van der Waals surface area contributed by atoms with Crippen LogP contribution in [0.4, 0.5) is 0 Å². The molecule has 0 bridgehead atoms. The summed E-state index contributed by atoms with van der Waals surface area (Å²) in [5.41, 5.74) is 1.07. The molecule has 1 aromatic carbocycles. The van der Waals surface area contributed by atoms with Gasteiger partial charge in [-0.15, -0.1) is 0 Å². The highest BCUT2D eigenvalue weighted by Crippen LogP contribution is 2.19. The quantitative estimate of drug-likeness (QED) is 0.181. The summed E-state index contributed by atoms with van der Waals surface area (Å²) in [7, 11) is -4.04. The molecule has 0 aliphatic carbocycles. The second-order valence-corrected chi connectivity index (χ2v) is 12.6. The summed E-state index contributed by atoms with van der Waals surface area (Å²) in [4.78, 5) is 17.5. The van der Waals surface area contributed by atoms with Gasteiger partial charge in [0.05, 0.1) is 24.0 Å². The molecule has 3 rings (SSSR count). The second-order valence-electron chi connectivity index (χ2n) is 10.6. The zero-order chi connectivity index (χ0) is 28.1. The Morgan fingerprint density at radius 2 is 1.72 bits per heavy atom. The second kappa shape index (κ2) is 16.7. The van der Waals surface area contributed by atoms with Crippen LogP contribution in [-0.4, -0.2) is 113 Å². The minimum atomic E-state index is -3.18. The lowest BCUT2D eigenvalue weighted by Crippen LogP contribution is -2.47. The number of esters is 1. The number of hydrogen-bond donors (Lipinski definition) is 1. The van der Waals surface area contributed by atoms with Gasteiger partial charge in [-0.2, -0.15) is 0 Å². The van der Waals surface area contributed by atoms with Gasteiger partial charge in [-0.05, 0) is 36.9 Å². The molecule has 0 radical (unpaired) electrons. The maximum absolute atomic E-state index is 12.6. The van der Waals surface area contributed by atoms with Crippen LogP contribution in [0.3, 0.4) is 0 Å². The van der Waals surface area contributed by atoms with Gasteiger partial charge in [0.1, 0.15) is 6.61 Å². The molecule has 220 valence electrons. The Bertz CT molecular complexity index is 953. The predicted molar refractivity (Wildman–Crippen MR) is 151 cm³/mol. The number of ether oxygens (including phenoxy) is 2. The molecule has 2 saturated heterocycles. The number of carbonyl (C=O) groups excluding carboxylic acids is 1. The van der Waals surface area contributed by atoms with E-state index in [1.165, 1.54) is 6.26 Å². The summed E-state index contributed by atoms with van der Waals surface area (Å²) >= 11 is 0. The van der Waals surface area contributed by atoms with Crippen LogP contribution < -0.4 is 0 Å². The van der Waals surface area contributed by atoms with E-state index in [9.17, 15) is 18.2 Å². The third-order valence-electron chi connectivity index (χ3n) is 7.34. The molecule has 2 fully saturated rings. The van der Waals surface area contributed by atoms with Gasteiger partial charge in [0.15, 0.2) is 9.84 Å². The zero-order valence-corrected chi connectivity index (χ0v) is 24.4. The molecule has 0 aromatic heterocycles. The van der Waals surface area contributed by atoms with Crippen LogP contribution in [0.5, 0.6) is 0 Å². The van der Waals surface area contributed by atoms with Gasteiger partial charge in [0, 0.05) is 58.6 Å². The van der Waals surface area contributed by atoms with Crippen molar-refractivity contribution in [3.63, 3.8) is 0 Å². The first-order valence-corrected chi connectivity index (χ1v) is 16.2. The summed E-state index contributed by atoms with van der Waals surface area (Å²) in [6.45, 7) is 10.2. The first-order valence-electron chi connectivity index (χ1n) is 14.3. The average Bonchev–Trinajstić information content (AvgIpc) is 2.92. The monoisotopic (exact) mass is 567 g/mol. The maximum Gasteiger partial charge on any atom is 0.472 e. The van der Waals surface area contributed by atoms with E-state index < -0.39 is 17.0 Å². The van der Waals surface area contributed by atoms with E-state index in [1.54, 1.807) is 12.1 Å². The Labute approximate surface area is 234 Å². The first kappa shape index (κ1) is 32.0. The summed E-state index contributed by atoms with van der Waals surface area (Å²) in [5.74, 6) is -0.195. The smallest absolute Gasteiger partial charge is 0.464 e. The Hall–Kier alpha value is -1.54. The number of hydroxylamine groups is 2. The molecule has 1 N–H and O–H groups in total. The standard InChI is InChI=1S/C27H46BN3O7S/c1-3-6-25(27(32)37-22-19-29-17-20-36-21-18-29)7-4-5-12-28(33)38-31-15-13-30(14-16-31)23-24-8-10-26(11-9-24)39(2,34)35/h8-11,25,33H,3-7,12-23H2,1-2H3. The molecule has 0 amide bonds. The maximum atomic E-state index is 12.6. The molecular weight excluding hydrogens is 521 g/mol. The molecular formula is C27H46BN3O7S. The van der Waals surface area contributed by atoms with Crippen molar-refractivity contribution in [1.82, 2.24) is 14.9 Å². The first-order chi connectivity index (χ1) is 18.7. The van der Waals surface area contributed by atoms with Crippen molar-refractivity contribution in [2.24, 2.45) is 5.92 Å². The van der Waals surface area contributed by atoms with Gasteiger partial charge >= 0.3 is 13.1 Å². The van der Waals surface area contributed by atoms with Crippen LogP contribution in [0.15, 0.2) is 29.2 Å². The van der Waals surface area contributed by atoms with Crippen molar-refractivity contribution in [3.8, 4) is 0 Å². The molecule has 10 nitrogen and oxygen atoms in total. The highest BCUT2D eigenvalue weighted by atomic mass is 32.2. The lowest BCUT2D eigenvalue weighted by molar-refractivity contribution is -0.149. The van der Waals surface area contributed by atoms with Gasteiger partial charge in [-0.25, -0.2) is 13.5 Å². The highest BCUT2D eigenvalue weighted by Gasteiger charge is 2.24. The Morgan fingerprint density at radius 3 is 2.36 bits per heavy atom. The number of hydrogen-bond acceptors (Lipinski definition) is 10. The normalized spacial score (nSPS) is 18.6. The fraction of sp³-hybridized carbons (Fsp3) is 0.741. The number of nitrogens with zero attached hydrogens (tertiary/aromatic N) is 3. The molecule has 0 spiro atoms. The van der Waals surface area contributed by atoms with Crippen molar-refractivity contribution in [2.45, 2.75) is 56.8 Å². The molecule has 1 atom stereocenters. The predicted octanol–water partition coefficient (Wildman–Crippen LogP) is 2.08. The molecule has 2 aliphatic rings. The van der Waals surface area contributed by atoms with Crippen molar-refractivity contribution in [1.29, 1.82) is 0 Å². The van der Waals surface area contributed by atoms with E-state index in [0.29, 0.717) is 30.9 Å². The van der Waals surface area contributed by atoms with Gasteiger partial charge in [0.25, 0.3) is 0 Å². The van der Waals surface area contributed by atoms with Crippen LogP contribution in [0, 0.1) is 5.92 Å². The topological polar surface area (TPSA) is 109 Å². The Kier molecular flexibility index (Phi) is 13.7. The molecule has 39 heavy (non-hydrogen) atoms. The average molecular weight is 568 g/mol. The molecule has 1 unspecified atom stereocenters. The van der Waals surface area contributed by atoms with Gasteiger partial charge < -0.3 is 19.3 Å². The van der Waals surface area contributed by atoms with Gasteiger partial charge in [0.2, 0.25) is 0 Å². The number of morpholine rings is 1. The number of rotatable bonds is 16. The highest BCUT2D eigenvalue weighted by molar-refractivity contribution is 7.90. The lowest BCUT2D eigenvalue weighted by Gasteiger charge is -2.34. The molecule has 0 saturated carbocycles. The van der Waals surface area contributed by atoms with E-state index in [0.717, 1.165) is 90.1 Å². The van der Waals surface area contributed by atoms with Crippen LogP contribution in [-0.2, 0) is 35.4 Å². The SMILES string of the molecule is CCCC(CCCCB(O)ON1CCN(Cc2ccc(S(C)(=O)=O)cc2)CC1)C(=O)OCCN1CCOCC1. The van der Waals surface area contributed by atoms with Crippen LogP contribution in [0.1, 0.15) is 44.6 Å². The largest absolute Gasteiger partial charge is 0.472 e. The third kappa shape index (κ3) is 11.8. The lowest BCUT2D eigenvalue weighted by atomic mass is 9.82. The van der Waals surface area contributed by atoms with Crippen LogP contribution >= 0.6 is 0 Å². The van der Waals surface area contributed by atoms with Crippen molar-refractivity contribution < 1.29 is 32.5 Å². The zero-order valence-electron chi connectivity index (χ0n) is 23.6. The van der Waals surface area contributed by atoms with E-state index >= 15 is 0 Å². The fourth-order valence-corrected chi connectivity index (χ4v) is 5.60. The number of piperazine rings is 1. The van der Waals surface area contributed by atoms with Crippen molar-refractivity contribution in [3.05, 3.63) is 29.8 Å². The number of benzene rings is 1. The molecule has 2 heterocycles. The van der Waals surface area contributed by atoms with Gasteiger partial charge in [-0.1, -0.05) is 38.3 Å². The Balaban J connectivity index is 1.27. The summed E-state index contributed by atoms with van der Waals surface area (Å²) in [5, 5.41) is 12.2. The van der Waals surface area contributed by atoms with E-state index in [-0.39, 0.29) is 11.9 Å². The minimum Gasteiger partial charge on any atom is -0.464 e. The van der Waals surface area contributed by atoms with Crippen LogP contribution in [0.25, 0.3) is 0 Å². The van der Waals surface area contributed by atoms with Crippen molar-refractivity contribution in [2.75, 3.05) is 71.9 Å². The summed E-state index contributed by atoms with van der Waals surface area (Å²) in [6.07, 6.45) is 5.89. The number of sulfone groups is 1. The number of carbonyl (C=O) groups is 1. The molecule has 1 aromatic rings. The van der Waals surface area contributed by atoms with Gasteiger partial charge in [-0.3, -0.25) is 14.6 Å². The van der Waals surface area contributed by atoms with Crippen LogP contribution in [0.2, 0.25) is 6.32 Å².